The van der Waals surface area contributed by atoms with Gasteiger partial charge in [0.15, 0.2) is 5.69 Å². The van der Waals surface area contributed by atoms with Gasteiger partial charge in [-0.3, -0.25) is 4.79 Å². The van der Waals surface area contributed by atoms with Gasteiger partial charge in [0.25, 0.3) is 5.91 Å². The minimum absolute atomic E-state index is 0. The average Bonchev–Trinajstić information content (AvgIpc) is 2.81. The lowest BCUT2D eigenvalue weighted by Gasteiger charge is -2.23. The number of piperidine rings is 1. The Morgan fingerprint density at radius 3 is 2.75 bits per heavy atom. The average molecular weight is 302 g/mol. The standard InChI is InChI=1S/C13H23N5O.ClH/c1-4-9(2)15-13(19)12-10(3)18(17-16-12)11-5-7-14-8-6-11;/h9,11,14H,4-8H2,1-3H3,(H,15,19);1H. The summed E-state index contributed by atoms with van der Waals surface area (Å²) in [6.07, 6.45) is 2.99. The smallest absolute Gasteiger partial charge is 0.273 e. The Balaban J connectivity index is 0.00000200. The van der Waals surface area contributed by atoms with Crippen LogP contribution in [0.4, 0.5) is 0 Å². The summed E-state index contributed by atoms with van der Waals surface area (Å²) in [5.41, 5.74) is 1.33. The number of carbonyl (C=O) groups excluding carboxylic acids is 1. The molecule has 1 aliphatic rings. The molecular weight excluding hydrogens is 278 g/mol. The molecular formula is C13H24ClN5O. The molecule has 2 rings (SSSR count). The van der Waals surface area contributed by atoms with E-state index in [2.05, 4.69) is 20.9 Å². The van der Waals surface area contributed by atoms with Crippen LogP contribution < -0.4 is 10.6 Å². The van der Waals surface area contributed by atoms with E-state index in [0.29, 0.717) is 11.7 Å². The Morgan fingerprint density at radius 2 is 2.15 bits per heavy atom. The van der Waals surface area contributed by atoms with Crippen molar-refractivity contribution in [3.05, 3.63) is 11.4 Å². The molecule has 1 aromatic heterocycles. The lowest BCUT2D eigenvalue weighted by atomic mass is 10.1. The molecule has 0 spiro atoms. The van der Waals surface area contributed by atoms with Gasteiger partial charge in [-0.2, -0.15) is 0 Å². The third kappa shape index (κ3) is 3.70. The second kappa shape index (κ2) is 7.59. The maximum Gasteiger partial charge on any atom is 0.273 e. The highest BCUT2D eigenvalue weighted by atomic mass is 35.5. The summed E-state index contributed by atoms with van der Waals surface area (Å²) in [6.45, 7) is 7.96. The first-order chi connectivity index (χ1) is 9.13. The zero-order valence-corrected chi connectivity index (χ0v) is 13.2. The van der Waals surface area contributed by atoms with Crippen LogP contribution in [0, 0.1) is 6.92 Å². The summed E-state index contributed by atoms with van der Waals surface area (Å²) in [4.78, 5) is 12.1. The fraction of sp³-hybridized carbons (Fsp3) is 0.769. The maximum absolute atomic E-state index is 12.1. The highest BCUT2D eigenvalue weighted by Crippen LogP contribution is 2.20. The van der Waals surface area contributed by atoms with Crippen LogP contribution >= 0.6 is 12.4 Å². The first-order valence-corrected chi connectivity index (χ1v) is 7.06. The quantitative estimate of drug-likeness (QED) is 0.883. The van der Waals surface area contributed by atoms with Crippen molar-refractivity contribution in [3.63, 3.8) is 0 Å². The predicted octanol–water partition coefficient (Wildman–Crippen LogP) is 1.46. The maximum atomic E-state index is 12.1. The molecule has 2 N–H and O–H groups in total. The van der Waals surface area contributed by atoms with Crippen molar-refractivity contribution >= 4 is 18.3 Å². The SMILES string of the molecule is CCC(C)NC(=O)c1nnn(C2CCNCC2)c1C.Cl. The normalized spacial score (nSPS) is 17.4. The van der Waals surface area contributed by atoms with E-state index in [4.69, 9.17) is 0 Å². The van der Waals surface area contributed by atoms with E-state index in [9.17, 15) is 4.79 Å². The molecule has 1 fully saturated rings. The van der Waals surface area contributed by atoms with Gasteiger partial charge in [-0.15, -0.1) is 17.5 Å². The van der Waals surface area contributed by atoms with Crippen LogP contribution in [0.3, 0.4) is 0 Å². The molecule has 1 atom stereocenters. The van der Waals surface area contributed by atoms with Gasteiger partial charge in [0, 0.05) is 6.04 Å². The van der Waals surface area contributed by atoms with E-state index < -0.39 is 0 Å². The van der Waals surface area contributed by atoms with Crippen molar-refractivity contribution in [1.29, 1.82) is 0 Å². The number of aromatic nitrogens is 3. The Kier molecular flexibility index (Phi) is 6.42. The van der Waals surface area contributed by atoms with Crippen molar-refractivity contribution < 1.29 is 4.79 Å². The third-order valence-corrected chi connectivity index (χ3v) is 3.79. The predicted molar refractivity (Wildman–Crippen MR) is 80.4 cm³/mol. The van der Waals surface area contributed by atoms with Gasteiger partial charge < -0.3 is 10.6 Å². The summed E-state index contributed by atoms with van der Waals surface area (Å²) >= 11 is 0. The highest BCUT2D eigenvalue weighted by Gasteiger charge is 2.23. The summed E-state index contributed by atoms with van der Waals surface area (Å²) < 4.78 is 1.91. The molecule has 0 radical (unpaired) electrons. The summed E-state index contributed by atoms with van der Waals surface area (Å²) in [7, 11) is 0. The highest BCUT2D eigenvalue weighted by molar-refractivity contribution is 5.93. The number of nitrogens with one attached hydrogen (secondary N) is 2. The van der Waals surface area contributed by atoms with E-state index in [0.717, 1.165) is 38.0 Å². The number of rotatable bonds is 4. The Labute approximate surface area is 126 Å². The Hall–Kier alpha value is -1.14. The van der Waals surface area contributed by atoms with Gasteiger partial charge in [-0.25, -0.2) is 4.68 Å². The molecule has 0 saturated carbocycles. The van der Waals surface area contributed by atoms with Crippen molar-refractivity contribution in [2.75, 3.05) is 13.1 Å². The van der Waals surface area contributed by atoms with Gasteiger partial charge in [0.05, 0.1) is 11.7 Å². The molecule has 6 nitrogen and oxygen atoms in total. The monoisotopic (exact) mass is 301 g/mol. The largest absolute Gasteiger partial charge is 0.348 e. The Bertz CT molecular complexity index is 442. The number of carbonyl (C=O) groups is 1. The van der Waals surface area contributed by atoms with E-state index in [1.807, 2.05) is 25.5 Å². The van der Waals surface area contributed by atoms with E-state index in [1.165, 1.54) is 0 Å². The van der Waals surface area contributed by atoms with Crippen LogP contribution in [0.25, 0.3) is 0 Å². The zero-order chi connectivity index (χ0) is 13.8. The second-order valence-corrected chi connectivity index (χ2v) is 5.23. The van der Waals surface area contributed by atoms with Crippen LogP contribution in [0.1, 0.15) is 55.3 Å². The van der Waals surface area contributed by atoms with Crippen LogP contribution in [0.2, 0.25) is 0 Å². The topological polar surface area (TPSA) is 71.8 Å². The molecule has 0 aromatic carbocycles. The van der Waals surface area contributed by atoms with Crippen LogP contribution in [0.15, 0.2) is 0 Å². The molecule has 1 unspecified atom stereocenters. The van der Waals surface area contributed by atoms with Crippen molar-refractivity contribution in [1.82, 2.24) is 25.6 Å². The molecule has 1 amide bonds. The molecule has 114 valence electrons. The minimum Gasteiger partial charge on any atom is -0.348 e. The first-order valence-electron chi connectivity index (χ1n) is 7.06. The van der Waals surface area contributed by atoms with Gasteiger partial charge in [0.1, 0.15) is 0 Å². The minimum atomic E-state index is -0.118. The molecule has 1 aliphatic heterocycles. The lowest BCUT2D eigenvalue weighted by Crippen LogP contribution is -2.33. The summed E-state index contributed by atoms with van der Waals surface area (Å²) in [5.74, 6) is -0.118. The van der Waals surface area contributed by atoms with Crippen molar-refractivity contribution in [2.45, 2.75) is 52.1 Å². The fourth-order valence-electron chi connectivity index (χ4n) is 2.34. The van der Waals surface area contributed by atoms with Crippen LogP contribution in [0.5, 0.6) is 0 Å². The molecule has 20 heavy (non-hydrogen) atoms. The Morgan fingerprint density at radius 1 is 1.50 bits per heavy atom. The van der Waals surface area contributed by atoms with E-state index >= 15 is 0 Å². The molecule has 1 aromatic rings. The number of amides is 1. The molecule has 0 bridgehead atoms. The van der Waals surface area contributed by atoms with Crippen molar-refractivity contribution in [3.8, 4) is 0 Å². The van der Waals surface area contributed by atoms with E-state index in [-0.39, 0.29) is 24.4 Å². The second-order valence-electron chi connectivity index (χ2n) is 5.23. The van der Waals surface area contributed by atoms with Crippen LogP contribution in [-0.4, -0.2) is 40.0 Å². The van der Waals surface area contributed by atoms with Gasteiger partial charge in [-0.1, -0.05) is 12.1 Å². The molecule has 1 saturated heterocycles. The number of hydrogen-bond donors (Lipinski definition) is 2. The van der Waals surface area contributed by atoms with Crippen LogP contribution in [-0.2, 0) is 0 Å². The molecule has 0 aliphatic carbocycles. The summed E-state index contributed by atoms with van der Waals surface area (Å²) in [5, 5.41) is 14.5. The van der Waals surface area contributed by atoms with Gasteiger partial charge in [0.2, 0.25) is 0 Å². The first kappa shape index (κ1) is 16.9. The zero-order valence-electron chi connectivity index (χ0n) is 12.3. The van der Waals surface area contributed by atoms with Crippen molar-refractivity contribution in [2.24, 2.45) is 0 Å². The number of nitrogens with zero attached hydrogens (tertiary/aromatic N) is 3. The fourth-order valence-corrected chi connectivity index (χ4v) is 2.34. The lowest BCUT2D eigenvalue weighted by molar-refractivity contribution is 0.0933. The third-order valence-electron chi connectivity index (χ3n) is 3.79. The number of halogens is 1. The molecule has 2 heterocycles. The van der Waals surface area contributed by atoms with E-state index in [1.54, 1.807) is 0 Å². The van der Waals surface area contributed by atoms with Gasteiger partial charge >= 0.3 is 0 Å². The number of hydrogen-bond acceptors (Lipinski definition) is 4. The molecule has 7 heteroatoms. The van der Waals surface area contributed by atoms with Gasteiger partial charge in [-0.05, 0) is 46.2 Å². The summed E-state index contributed by atoms with van der Waals surface area (Å²) in [6, 6.07) is 0.523.